The number of carbonyl (C=O) groups excluding carboxylic acids is 3. The van der Waals surface area contributed by atoms with E-state index in [4.69, 9.17) is 5.73 Å². The maximum absolute atomic E-state index is 12.0. The molecular weight excluding hydrogens is 287 g/mol. The fraction of sp³-hybridized carbons (Fsp3) is 0.111. The lowest BCUT2D eigenvalue weighted by Crippen LogP contribution is -2.22. The Morgan fingerprint density at radius 2 is 2.05 bits per heavy atom. The minimum atomic E-state index is -5.06. The second-order valence-electron chi connectivity index (χ2n) is 3.13. The third-order valence-electron chi connectivity index (χ3n) is 1.69. The number of hydrogen-bond acceptors (Lipinski definition) is 7. The van der Waals surface area contributed by atoms with E-state index in [0.29, 0.717) is 0 Å². The van der Waals surface area contributed by atoms with Gasteiger partial charge in [-0.25, -0.2) is 15.3 Å². The molecule has 11 heteroatoms. The van der Waals surface area contributed by atoms with Crippen LogP contribution in [0.5, 0.6) is 5.88 Å². The number of primary amides is 1. The number of nitrogens with zero attached hydrogens (tertiary/aromatic N) is 1. The van der Waals surface area contributed by atoms with E-state index in [1.807, 2.05) is 5.48 Å². The van der Waals surface area contributed by atoms with Crippen LogP contribution >= 0.6 is 0 Å². The number of anilines is 1. The summed E-state index contributed by atoms with van der Waals surface area (Å²) in [6.07, 6.45) is -4.45. The fourth-order valence-corrected chi connectivity index (χ4v) is 1.01. The van der Waals surface area contributed by atoms with Gasteiger partial charge in [0, 0.05) is 0 Å². The van der Waals surface area contributed by atoms with Crippen molar-refractivity contribution in [1.29, 1.82) is 0 Å². The molecule has 3 N–H and O–H groups in total. The van der Waals surface area contributed by atoms with E-state index in [1.165, 1.54) is 0 Å². The Morgan fingerprint density at radius 1 is 1.40 bits per heavy atom. The number of carbonyl (C=O) groups is 3. The number of halogens is 3. The molecule has 0 saturated heterocycles. The zero-order chi connectivity index (χ0) is 15.3. The summed E-state index contributed by atoms with van der Waals surface area (Å²) in [4.78, 5) is 38.8. The van der Waals surface area contributed by atoms with Crippen molar-refractivity contribution in [1.82, 2.24) is 4.98 Å². The highest BCUT2D eigenvalue weighted by Gasteiger charge is 2.33. The monoisotopic (exact) mass is 293 g/mol. The van der Waals surface area contributed by atoms with Crippen molar-refractivity contribution in [2.75, 3.05) is 5.48 Å². The Kier molecular flexibility index (Phi) is 4.46. The Balaban J connectivity index is 2.98. The smallest absolute Gasteiger partial charge is 0.387 e. The minimum Gasteiger partial charge on any atom is -0.387 e. The van der Waals surface area contributed by atoms with Gasteiger partial charge < -0.3 is 15.3 Å². The highest BCUT2D eigenvalue weighted by atomic mass is 19.4. The number of pyridine rings is 1. The number of nitrogens with one attached hydrogen (secondary N) is 1. The Bertz CT molecular complexity index is 546. The average Bonchev–Trinajstić information content (AvgIpc) is 2.35. The largest absolute Gasteiger partial charge is 0.574 e. The van der Waals surface area contributed by atoms with Crippen molar-refractivity contribution < 1.29 is 37.1 Å². The van der Waals surface area contributed by atoms with Gasteiger partial charge in [-0.2, -0.15) is 0 Å². The molecule has 0 bridgehead atoms. The van der Waals surface area contributed by atoms with Gasteiger partial charge in [0.25, 0.3) is 5.91 Å². The van der Waals surface area contributed by atoms with Gasteiger partial charge in [0.15, 0.2) is 0 Å². The molecule has 108 valence electrons. The van der Waals surface area contributed by atoms with E-state index in [1.54, 1.807) is 0 Å². The maximum Gasteiger partial charge on any atom is 0.574 e. The first-order chi connectivity index (χ1) is 9.23. The van der Waals surface area contributed by atoms with Crippen molar-refractivity contribution in [3.8, 4) is 5.88 Å². The van der Waals surface area contributed by atoms with Gasteiger partial charge in [0.2, 0.25) is 12.2 Å². The van der Waals surface area contributed by atoms with Gasteiger partial charge >= 0.3 is 12.3 Å². The molecule has 0 radical (unpaired) electrons. The van der Waals surface area contributed by atoms with Crippen LogP contribution in [0.2, 0.25) is 0 Å². The first kappa shape index (κ1) is 15.2. The Morgan fingerprint density at radius 3 is 2.55 bits per heavy atom. The lowest BCUT2D eigenvalue weighted by molar-refractivity contribution is -0.276. The molecule has 1 aromatic rings. The lowest BCUT2D eigenvalue weighted by Gasteiger charge is -2.11. The molecule has 1 rings (SSSR count). The molecule has 0 fully saturated rings. The number of alkyl halides is 3. The molecule has 20 heavy (non-hydrogen) atoms. The summed E-state index contributed by atoms with van der Waals surface area (Å²) >= 11 is 0. The third kappa shape index (κ3) is 4.44. The molecule has 0 unspecified atom stereocenters. The van der Waals surface area contributed by atoms with E-state index in [-0.39, 0.29) is 12.0 Å². The predicted molar refractivity (Wildman–Crippen MR) is 55.2 cm³/mol. The summed E-state index contributed by atoms with van der Waals surface area (Å²) in [7, 11) is 0. The molecule has 8 nitrogen and oxygen atoms in total. The molecule has 1 aromatic heterocycles. The van der Waals surface area contributed by atoms with E-state index in [0.717, 1.165) is 12.3 Å². The van der Waals surface area contributed by atoms with Gasteiger partial charge in [-0.15, -0.1) is 13.2 Å². The van der Waals surface area contributed by atoms with Crippen LogP contribution < -0.4 is 16.0 Å². The van der Waals surface area contributed by atoms with Gasteiger partial charge in [-0.3, -0.25) is 9.59 Å². The number of hydrogen-bond donors (Lipinski definition) is 2. The zero-order valence-corrected chi connectivity index (χ0v) is 9.43. The maximum atomic E-state index is 12.0. The van der Waals surface area contributed by atoms with Crippen molar-refractivity contribution in [2.45, 2.75) is 6.36 Å². The van der Waals surface area contributed by atoms with Crippen LogP contribution in [0.25, 0.3) is 0 Å². The molecular formula is C9H6F3N3O5. The standard InChI is InChI=1S/C9H6F3N3O5/c10-9(11,12)19-8-5(7(13)18)1-4(2-14-8)15-20-6(17)3-16/h1-3,15H,(H2,13,18). The second kappa shape index (κ2) is 5.86. The quantitative estimate of drug-likeness (QED) is 0.450. The molecule has 0 spiro atoms. The molecule has 0 aliphatic heterocycles. The topological polar surface area (TPSA) is 121 Å². The zero-order valence-electron chi connectivity index (χ0n) is 9.43. The van der Waals surface area contributed by atoms with Crippen molar-refractivity contribution >= 4 is 23.9 Å². The van der Waals surface area contributed by atoms with E-state index >= 15 is 0 Å². The average molecular weight is 293 g/mol. The Hall–Kier alpha value is -2.85. The van der Waals surface area contributed by atoms with Crippen molar-refractivity contribution in [2.24, 2.45) is 5.73 Å². The molecule has 0 saturated carbocycles. The highest BCUT2D eigenvalue weighted by Crippen LogP contribution is 2.25. The summed E-state index contributed by atoms with van der Waals surface area (Å²) in [5.41, 5.74) is 5.87. The van der Waals surface area contributed by atoms with Crippen LogP contribution in [-0.4, -0.2) is 29.5 Å². The van der Waals surface area contributed by atoms with E-state index in [9.17, 15) is 27.6 Å². The third-order valence-corrected chi connectivity index (χ3v) is 1.69. The lowest BCUT2D eigenvalue weighted by atomic mass is 10.2. The number of ether oxygens (including phenoxy) is 1. The summed E-state index contributed by atoms with van der Waals surface area (Å²) in [6.45, 7) is 0. The van der Waals surface area contributed by atoms with Gasteiger partial charge in [-0.1, -0.05) is 0 Å². The number of amides is 1. The van der Waals surface area contributed by atoms with E-state index < -0.39 is 29.7 Å². The number of aromatic nitrogens is 1. The molecule has 1 amide bonds. The number of rotatable bonds is 5. The first-order valence-corrected chi connectivity index (χ1v) is 4.70. The van der Waals surface area contributed by atoms with Gasteiger partial charge in [0.05, 0.1) is 11.9 Å². The van der Waals surface area contributed by atoms with Crippen LogP contribution in [0.3, 0.4) is 0 Å². The van der Waals surface area contributed by atoms with E-state index in [2.05, 4.69) is 14.6 Å². The molecule has 0 atom stereocenters. The van der Waals surface area contributed by atoms with Gasteiger partial charge in [-0.05, 0) is 6.07 Å². The molecule has 0 aliphatic carbocycles. The van der Waals surface area contributed by atoms with Gasteiger partial charge in [0.1, 0.15) is 5.56 Å². The van der Waals surface area contributed by atoms with Crippen LogP contribution in [0, 0.1) is 0 Å². The summed E-state index contributed by atoms with van der Waals surface area (Å²) in [5.74, 6) is -3.60. The number of aldehydes is 1. The molecule has 0 aromatic carbocycles. The second-order valence-corrected chi connectivity index (χ2v) is 3.13. The summed E-state index contributed by atoms with van der Waals surface area (Å²) < 4.78 is 39.6. The SMILES string of the molecule is NC(=O)c1cc(NOC(=O)C=O)cnc1OC(F)(F)F. The predicted octanol–water partition coefficient (Wildman–Crippen LogP) is 0.148. The Labute approximate surface area is 108 Å². The minimum absolute atomic E-state index is 0.156. The van der Waals surface area contributed by atoms with Crippen LogP contribution in [0.1, 0.15) is 10.4 Å². The highest BCUT2D eigenvalue weighted by molar-refractivity contribution is 6.20. The van der Waals surface area contributed by atoms with Crippen LogP contribution in [0.4, 0.5) is 18.9 Å². The van der Waals surface area contributed by atoms with Crippen molar-refractivity contribution in [3.05, 3.63) is 17.8 Å². The number of nitrogens with two attached hydrogens (primary N) is 1. The summed E-state index contributed by atoms with van der Waals surface area (Å²) in [5, 5.41) is 0. The molecule has 0 aliphatic rings. The normalized spacial score (nSPS) is 10.6. The summed E-state index contributed by atoms with van der Waals surface area (Å²) in [6, 6.07) is 0.800. The van der Waals surface area contributed by atoms with Crippen LogP contribution in [-0.2, 0) is 14.4 Å². The van der Waals surface area contributed by atoms with Crippen molar-refractivity contribution in [3.63, 3.8) is 0 Å². The fourth-order valence-electron chi connectivity index (χ4n) is 1.01. The van der Waals surface area contributed by atoms with Crippen LogP contribution in [0.15, 0.2) is 12.3 Å². The molecule has 1 heterocycles. The first-order valence-electron chi connectivity index (χ1n) is 4.70.